The molecule has 0 aliphatic rings. The minimum atomic E-state index is -0.751. The fraction of sp³-hybridized carbons (Fsp3) is 0.417. The monoisotopic (exact) mass is 292 g/mol. The molecule has 0 saturated heterocycles. The van der Waals surface area contributed by atoms with Crippen molar-refractivity contribution in [2.45, 2.75) is 25.4 Å². The predicted octanol–water partition coefficient (Wildman–Crippen LogP) is -0.708. The number of ether oxygens (including phenoxy) is 1. The van der Waals surface area contributed by atoms with E-state index in [-0.39, 0.29) is 12.3 Å². The molecular formula is C12H16N6O3. The quantitative estimate of drug-likeness (QED) is 0.652. The number of nitrogens with one attached hydrogen (secondary N) is 2. The van der Waals surface area contributed by atoms with Gasteiger partial charge in [-0.3, -0.25) is 9.48 Å². The molecule has 112 valence electrons. The first-order chi connectivity index (χ1) is 10.2. The molecule has 0 radical (unpaired) electrons. The van der Waals surface area contributed by atoms with E-state index in [0.29, 0.717) is 13.0 Å². The van der Waals surface area contributed by atoms with Crippen LogP contribution < -0.4 is 5.32 Å². The largest absolute Gasteiger partial charge is 0.467 e. The standard InChI is InChI=1S/C12H16N6O3/c1-21-12(20)10(6-9-7-13-8-14-9)16-11(19)2-4-18-5-3-15-17-18/h3,5,7-8,10H,2,4,6H2,1H3,(H,13,14)(H,16,19)/t10-/m0/s1. The van der Waals surface area contributed by atoms with Gasteiger partial charge in [-0.05, 0) is 0 Å². The highest BCUT2D eigenvalue weighted by molar-refractivity contribution is 5.84. The van der Waals surface area contributed by atoms with Gasteiger partial charge in [0.1, 0.15) is 6.04 Å². The van der Waals surface area contributed by atoms with Crippen LogP contribution in [0.25, 0.3) is 0 Å². The Morgan fingerprint density at radius 3 is 3.00 bits per heavy atom. The van der Waals surface area contributed by atoms with E-state index in [9.17, 15) is 9.59 Å². The maximum absolute atomic E-state index is 11.9. The van der Waals surface area contributed by atoms with Crippen molar-refractivity contribution in [3.05, 3.63) is 30.6 Å². The lowest BCUT2D eigenvalue weighted by atomic mass is 10.1. The fourth-order valence-corrected chi connectivity index (χ4v) is 1.79. The van der Waals surface area contributed by atoms with E-state index in [0.717, 1.165) is 5.69 Å². The molecule has 9 heteroatoms. The van der Waals surface area contributed by atoms with Gasteiger partial charge in [0.2, 0.25) is 5.91 Å². The summed E-state index contributed by atoms with van der Waals surface area (Å²) in [6, 6.07) is -0.751. The molecule has 2 N–H and O–H groups in total. The van der Waals surface area contributed by atoms with Crippen molar-refractivity contribution in [1.29, 1.82) is 0 Å². The third kappa shape index (κ3) is 4.41. The Bertz CT molecular complexity index is 566. The number of rotatable bonds is 7. The highest BCUT2D eigenvalue weighted by atomic mass is 16.5. The number of imidazole rings is 1. The molecule has 0 aromatic carbocycles. The molecule has 0 aliphatic heterocycles. The van der Waals surface area contributed by atoms with Crippen molar-refractivity contribution < 1.29 is 14.3 Å². The number of amides is 1. The highest BCUT2D eigenvalue weighted by Crippen LogP contribution is 2.01. The first-order valence-electron chi connectivity index (χ1n) is 6.37. The number of H-pyrrole nitrogens is 1. The summed E-state index contributed by atoms with van der Waals surface area (Å²) in [4.78, 5) is 30.4. The van der Waals surface area contributed by atoms with Crippen LogP contribution in [-0.4, -0.2) is 50.0 Å². The van der Waals surface area contributed by atoms with Gasteiger partial charge in [0.25, 0.3) is 0 Å². The van der Waals surface area contributed by atoms with Crippen LogP contribution in [-0.2, 0) is 27.3 Å². The maximum atomic E-state index is 11.9. The number of nitrogens with zero attached hydrogens (tertiary/aromatic N) is 4. The van der Waals surface area contributed by atoms with Gasteiger partial charge in [-0.25, -0.2) is 9.78 Å². The minimum Gasteiger partial charge on any atom is -0.467 e. The van der Waals surface area contributed by atoms with Crippen molar-refractivity contribution in [3.63, 3.8) is 0 Å². The molecule has 0 saturated carbocycles. The van der Waals surface area contributed by atoms with Gasteiger partial charge in [-0.15, -0.1) is 5.10 Å². The third-order valence-electron chi connectivity index (χ3n) is 2.84. The molecule has 1 amide bonds. The number of aromatic nitrogens is 5. The van der Waals surface area contributed by atoms with E-state index < -0.39 is 12.0 Å². The van der Waals surface area contributed by atoms with Crippen LogP contribution in [0.2, 0.25) is 0 Å². The summed E-state index contributed by atoms with van der Waals surface area (Å²) in [5.41, 5.74) is 0.738. The normalized spacial score (nSPS) is 11.9. The van der Waals surface area contributed by atoms with Crippen molar-refractivity contribution in [2.75, 3.05) is 7.11 Å². The summed E-state index contributed by atoms with van der Waals surface area (Å²) >= 11 is 0. The lowest BCUT2D eigenvalue weighted by molar-refractivity contribution is -0.145. The van der Waals surface area contributed by atoms with Crippen LogP contribution in [0.15, 0.2) is 24.9 Å². The van der Waals surface area contributed by atoms with Crippen molar-refractivity contribution in [3.8, 4) is 0 Å². The molecular weight excluding hydrogens is 276 g/mol. The molecule has 0 unspecified atom stereocenters. The Kier molecular flexibility index (Phi) is 5.02. The lowest BCUT2D eigenvalue weighted by Gasteiger charge is -2.15. The van der Waals surface area contributed by atoms with Crippen LogP contribution in [0.1, 0.15) is 12.1 Å². The average Bonchev–Trinajstić information content (AvgIpc) is 3.16. The van der Waals surface area contributed by atoms with Crippen LogP contribution in [0.5, 0.6) is 0 Å². The number of carbonyl (C=O) groups excluding carboxylic acids is 2. The summed E-state index contributed by atoms with van der Waals surface area (Å²) in [5, 5.41) is 10.1. The molecule has 2 aromatic heterocycles. The van der Waals surface area contributed by atoms with E-state index in [2.05, 4.69) is 25.6 Å². The molecule has 2 rings (SSSR count). The number of aromatic amines is 1. The second-order valence-electron chi connectivity index (χ2n) is 4.34. The highest BCUT2D eigenvalue weighted by Gasteiger charge is 2.22. The molecule has 2 heterocycles. The van der Waals surface area contributed by atoms with E-state index in [4.69, 9.17) is 4.74 Å². The maximum Gasteiger partial charge on any atom is 0.328 e. The van der Waals surface area contributed by atoms with Gasteiger partial charge in [0, 0.05) is 30.9 Å². The zero-order valence-electron chi connectivity index (χ0n) is 11.5. The van der Waals surface area contributed by atoms with Crippen LogP contribution in [0.4, 0.5) is 0 Å². The number of aryl methyl sites for hydroxylation is 1. The Morgan fingerprint density at radius 2 is 2.38 bits per heavy atom. The second kappa shape index (κ2) is 7.17. The van der Waals surface area contributed by atoms with E-state index in [1.165, 1.54) is 19.6 Å². The minimum absolute atomic E-state index is 0.194. The molecule has 2 aromatic rings. The van der Waals surface area contributed by atoms with Crippen molar-refractivity contribution in [1.82, 2.24) is 30.3 Å². The molecule has 0 spiro atoms. The van der Waals surface area contributed by atoms with Crippen LogP contribution in [0.3, 0.4) is 0 Å². The molecule has 0 aliphatic carbocycles. The van der Waals surface area contributed by atoms with Gasteiger partial charge in [-0.2, -0.15) is 0 Å². The molecule has 21 heavy (non-hydrogen) atoms. The number of carbonyl (C=O) groups is 2. The first-order valence-corrected chi connectivity index (χ1v) is 6.37. The summed E-state index contributed by atoms with van der Waals surface area (Å²) in [6.45, 7) is 0.393. The van der Waals surface area contributed by atoms with E-state index in [1.54, 1.807) is 17.1 Å². The van der Waals surface area contributed by atoms with Crippen LogP contribution in [0, 0.1) is 0 Å². The summed E-state index contributed by atoms with van der Waals surface area (Å²) < 4.78 is 6.24. The van der Waals surface area contributed by atoms with Gasteiger partial charge in [0.05, 0.1) is 26.2 Å². The number of esters is 1. The summed E-state index contributed by atoms with van der Waals surface area (Å²) in [5.74, 6) is -0.765. The van der Waals surface area contributed by atoms with Gasteiger partial charge in [-0.1, -0.05) is 5.21 Å². The summed E-state index contributed by atoms with van der Waals surface area (Å²) in [6.07, 6.45) is 6.79. The van der Waals surface area contributed by atoms with E-state index in [1.807, 2.05) is 0 Å². The zero-order valence-corrected chi connectivity index (χ0v) is 11.5. The topological polar surface area (TPSA) is 115 Å². The van der Waals surface area contributed by atoms with Crippen LogP contribution >= 0.6 is 0 Å². The smallest absolute Gasteiger partial charge is 0.328 e. The second-order valence-corrected chi connectivity index (χ2v) is 4.34. The van der Waals surface area contributed by atoms with Crippen molar-refractivity contribution in [2.24, 2.45) is 0 Å². The molecule has 9 nitrogen and oxygen atoms in total. The lowest BCUT2D eigenvalue weighted by Crippen LogP contribution is -2.43. The summed E-state index contributed by atoms with van der Waals surface area (Å²) in [7, 11) is 1.28. The zero-order chi connectivity index (χ0) is 15.1. The predicted molar refractivity (Wildman–Crippen MR) is 70.9 cm³/mol. The Hall–Kier alpha value is -2.71. The third-order valence-corrected chi connectivity index (χ3v) is 2.84. The number of methoxy groups -OCH3 is 1. The van der Waals surface area contributed by atoms with E-state index >= 15 is 0 Å². The van der Waals surface area contributed by atoms with Gasteiger partial charge < -0.3 is 15.0 Å². The molecule has 1 atom stereocenters. The number of hydrogen-bond acceptors (Lipinski definition) is 6. The van der Waals surface area contributed by atoms with Gasteiger partial charge >= 0.3 is 5.97 Å². The Balaban J connectivity index is 1.88. The first kappa shape index (κ1) is 14.7. The molecule has 0 fully saturated rings. The average molecular weight is 292 g/mol. The Morgan fingerprint density at radius 1 is 1.52 bits per heavy atom. The van der Waals surface area contributed by atoms with Gasteiger partial charge in [0.15, 0.2) is 0 Å². The van der Waals surface area contributed by atoms with Crippen molar-refractivity contribution >= 4 is 11.9 Å². The fourth-order valence-electron chi connectivity index (χ4n) is 1.79. The number of hydrogen-bond donors (Lipinski definition) is 2. The SMILES string of the molecule is COC(=O)[C@H](Cc1cnc[nH]1)NC(=O)CCn1ccnn1. The Labute approximate surface area is 120 Å². The molecule has 0 bridgehead atoms.